The average Bonchev–Trinajstić information content (AvgIpc) is 1.62. The van der Waals surface area contributed by atoms with E-state index in [0.717, 1.165) is 0 Å². The lowest BCUT2D eigenvalue weighted by atomic mass is 10.2. The summed E-state index contributed by atoms with van der Waals surface area (Å²) in [5, 5.41) is 8.47. The fourth-order valence-corrected chi connectivity index (χ4v) is 0.412. The highest BCUT2D eigenvalue weighted by atomic mass is 19.4. The zero-order valence-electron chi connectivity index (χ0n) is 5.07. The molecule has 0 aromatic carbocycles. The molecule has 9 heavy (non-hydrogen) atoms. The number of aliphatic hydroxyl groups is 1. The van der Waals surface area contributed by atoms with E-state index < -0.39 is 18.7 Å². The van der Waals surface area contributed by atoms with Gasteiger partial charge in [-0.05, 0) is 6.42 Å². The number of rotatable bonds is 2. The summed E-state index contributed by atoms with van der Waals surface area (Å²) in [4.78, 5) is 0. The summed E-state index contributed by atoms with van der Waals surface area (Å²) in [6.07, 6.45) is -6.40. The number of halogens is 3. The first-order valence-electron chi connectivity index (χ1n) is 2.70. The molecule has 0 aromatic rings. The summed E-state index contributed by atoms with van der Waals surface area (Å²) in [6, 6.07) is 0. The van der Waals surface area contributed by atoms with Crippen LogP contribution in [0.2, 0.25) is 0 Å². The van der Waals surface area contributed by atoms with Crippen LogP contribution >= 0.6 is 0 Å². The highest BCUT2D eigenvalue weighted by molar-refractivity contribution is 4.58. The Morgan fingerprint density at radius 2 is 1.89 bits per heavy atom. The summed E-state index contributed by atoms with van der Waals surface area (Å²) >= 11 is 0. The summed E-state index contributed by atoms with van der Waals surface area (Å²) in [7, 11) is 0. The van der Waals surface area contributed by atoms with E-state index in [2.05, 4.69) is 0 Å². The summed E-state index contributed by atoms with van der Waals surface area (Å²) in [5.74, 6) is 0. The second kappa shape index (κ2) is 3.06. The lowest BCUT2D eigenvalue weighted by Gasteiger charge is -2.09. The molecule has 0 aliphatic carbocycles. The van der Waals surface area contributed by atoms with Crippen LogP contribution in [-0.4, -0.2) is 17.4 Å². The van der Waals surface area contributed by atoms with Gasteiger partial charge < -0.3 is 5.11 Å². The molecule has 0 aliphatic heterocycles. The maximum atomic E-state index is 11.3. The molecule has 0 fully saturated rings. The summed E-state index contributed by atoms with van der Waals surface area (Å²) in [6.45, 7) is 1.51. The molecule has 0 spiro atoms. The van der Waals surface area contributed by atoms with Crippen molar-refractivity contribution in [3.8, 4) is 0 Å². The van der Waals surface area contributed by atoms with Gasteiger partial charge in [0.25, 0.3) is 0 Å². The van der Waals surface area contributed by atoms with Gasteiger partial charge in [0.05, 0.1) is 12.5 Å². The van der Waals surface area contributed by atoms with E-state index in [0.29, 0.717) is 0 Å². The molecule has 0 aliphatic rings. The van der Waals surface area contributed by atoms with Gasteiger partial charge in [-0.25, -0.2) is 0 Å². The van der Waals surface area contributed by atoms with Gasteiger partial charge in [-0.3, -0.25) is 0 Å². The molecule has 0 radical (unpaired) electrons. The topological polar surface area (TPSA) is 20.2 Å². The van der Waals surface area contributed by atoms with Crippen LogP contribution in [0.1, 0.15) is 19.8 Å². The lowest BCUT2D eigenvalue weighted by Crippen LogP contribution is -2.18. The Morgan fingerprint density at radius 1 is 1.44 bits per heavy atom. The van der Waals surface area contributed by atoms with Crippen molar-refractivity contribution in [2.75, 3.05) is 0 Å². The molecule has 0 heterocycles. The molecule has 1 atom stereocenters. The smallest absolute Gasteiger partial charge is 0.391 e. The van der Waals surface area contributed by atoms with Gasteiger partial charge in [0, 0.05) is 0 Å². The van der Waals surface area contributed by atoms with Gasteiger partial charge >= 0.3 is 6.18 Å². The van der Waals surface area contributed by atoms with Gasteiger partial charge in [-0.1, -0.05) is 6.92 Å². The molecule has 0 aromatic heterocycles. The van der Waals surface area contributed by atoms with E-state index in [4.69, 9.17) is 5.11 Å². The zero-order chi connectivity index (χ0) is 7.49. The van der Waals surface area contributed by atoms with Crippen LogP contribution in [-0.2, 0) is 0 Å². The van der Waals surface area contributed by atoms with Gasteiger partial charge in [0.2, 0.25) is 0 Å². The second-order valence-electron chi connectivity index (χ2n) is 1.88. The van der Waals surface area contributed by atoms with Gasteiger partial charge in [-0.2, -0.15) is 13.2 Å². The molecular weight excluding hydrogens is 133 g/mol. The SMILES string of the molecule is CC[C@H](O)CC(F)(F)F. The Bertz CT molecular complexity index is 78.8. The van der Waals surface area contributed by atoms with Crippen LogP contribution in [0.3, 0.4) is 0 Å². The minimum absolute atomic E-state index is 0.152. The molecule has 1 nitrogen and oxygen atoms in total. The van der Waals surface area contributed by atoms with Crippen molar-refractivity contribution in [2.24, 2.45) is 0 Å². The minimum Gasteiger partial charge on any atom is -0.393 e. The van der Waals surface area contributed by atoms with Crippen LogP contribution in [0.4, 0.5) is 13.2 Å². The maximum Gasteiger partial charge on any atom is 0.391 e. The Balaban J connectivity index is 3.47. The van der Waals surface area contributed by atoms with Crippen molar-refractivity contribution >= 4 is 0 Å². The lowest BCUT2D eigenvalue weighted by molar-refractivity contribution is -0.153. The van der Waals surface area contributed by atoms with E-state index in [1.807, 2.05) is 0 Å². The van der Waals surface area contributed by atoms with Crippen molar-refractivity contribution in [3.63, 3.8) is 0 Å². The van der Waals surface area contributed by atoms with Crippen molar-refractivity contribution < 1.29 is 18.3 Å². The highest BCUT2D eigenvalue weighted by Crippen LogP contribution is 2.22. The third-order valence-electron chi connectivity index (χ3n) is 0.938. The van der Waals surface area contributed by atoms with E-state index in [9.17, 15) is 13.2 Å². The Labute approximate surface area is 51.5 Å². The van der Waals surface area contributed by atoms with E-state index in [1.54, 1.807) is 0 Å². The Morgan fingerprint density at radius 3 is 2.00 bits per heavy atom. The van der Waals surface area contributed by atoms with Crippen LogP contribution in [0.15, 0.2) is 0 Å². The molecule has 0 unspecified atom stereocenters. The van der Waals surface area contributed by atoms with E-state index >= 15 is 0 Å². The molecular formula is C5H9F3O. The van der Waals surface area contributed by atoms with Gasteiger partial charge in [0.1, 0.15) is 0 Å². The van der Waals surface area contributed by atoms with Crippen LogP contribution < -0.4 is 0 Å². The maximum absolute atomic E-state index is 11.3. The fraction of sp³-hybridized carbons (Fsp3) is 1.00. The Kier molecular flexibility index (Phi) is 2.97. The number of hydrogen-bond donors (Lipinski definition) is 1. The normalized spacial score (nSPS) is 15.7. The monoisotopic (exact) mass is 142 g/mol. The quantitative estimate of drug-likeness (QED) is 0.622. The molecule has 4 heteroatoms. The van der Waals surface area contributed by atoms with Crippen LogP contribution in [0.5, 0.6) is 0 Å². The fourth-order valence-electron chi connectivity index (χ4n) is 0.412. The van der Waals surface area contributed by atoms with Crippen molar-refractivity contribution in [3.05, 3.63) is 0 Å². The highest BCUT2D eigenvalue weighted by Gasteiger charge is 2.29. The van der Waals surface area contributed by atoms with Crippen molar-refractivity contribution in [1.29, 1.82) is 0 Å². The molecule has 0 amide bonds. The molecule has 0 rings (SSSR count). The van der Waals surface area contributed by atoms with Crippen molar-refractivity contribution in [2.45, 2.75) is 32.0 Å². The zero-order valence-corrected chi connectivity index (χ0v) is 5.07. The third-order valence-corrected chi connectivity index (χ3v) is 0.938. The summed E-state index contributed by atoms with van der Waals surface area (Å²) in [5.41, 5.74) is 0. The first-order chi connectivity index (χ1) is 3.95. The predicted octanol–water partition coefficient (Wildman–Crippen LogP) is 1.71. The van der Waals surface area contributed by atoms with Crippen LogP contribution in [0, 0.1) is 0 Å². The minimum atomic E-state index is -4.23. The van der Waals surface area contributed by atoms with E-state index in [-0.39, 0.29) is 6.42 Å². The first-order valence-corrected chi connectivity index (χ1v) is 2.70. The number of hydrogen-bond acceptors (Lipinski definition) is 1. The summed E-state index contributed by atoms with van der Waals surface area (Å²) < 4.78 is 34.0. The molecule has 0 saturated heterocycles. The molecule has 0 bridgehead atoms. The van der Waals surface area contributed by atoms with E-state index in [1.165, 1.54) is 6.92 Å². The largest absolute Gasteiger partial charge is 0.393 e. The number of alkyl halides is 3. The first kappa shape index (κ1) is 8.75. The number of aliphatic hydroxyl groups excluding tert-OH is 1. The van der Waals surface area contributed by atoms with Gasteiger partial charge in [0.15, 0.2) is 0 Å². The van der Waals surface area contributed by atoms with Crippen molar-refractivity contribution in [1.82, 2.24) is 0 Å². The van der Waals surface area contributed by atoms with Crippen LogP contribution in [0.25, 0.3) is 0 Å². The second-order valence-corrected chi connectivity index (χ2v) is 1.88. The standard InChI is InChI=1S/C5H9F3O/c1-2-4(9)3-5(6,7)8/h4,9H,2-3H2,1H3/t4-/m0/s1. The molecule has 1 N–H and O–H groups in total. The molecule has 0 saturated carbocycles. The average molecular weight is 142 g/mol. The molecule has 56 valence electrons. The van der Waals surface area contributed by atoms with Gasteiger partial charge in [-0.15, -0.1) is 0 Å². The Hall–Kier alpha value is -0.250. The predicted molar refractivity (Wildman–Crippen MR) is 27.0 cm³/mol. The third kappa shape index (κ3) is 5.62.